The maximum atomic E-state index is 10.6. The second kappa shape index (κ2) is 7.17. The third kappa shape index (κ3) is 4.13. The summed E-state index contributed by atoms with van der Waals surface area (Å²) >= 11 is 0. The van der Waals surface area contributed by atoms with E-state index < -0.39 is 4.92 Å². The van der Waals surface area contributed by atoms with Gasteiger partial charge in [0, 0.05) is 31.8 Å². The van der Waals surface area contributed by atoms with E-state index in [4.69, 9.17) is 0 Å². The zero-order chi connectivity index (χ0) is 16.8. The number of nitro benzene ring substituents is 1. The Bertz CT molecular complexity index is 777. The number of imidazole rings is 1. The molecule has 1 amide bonds. The normalized spacial score (nSPS) is 9.83. The molecule has 0 aliphatic heterocycles. The van der Waals surface area contributed by atoms with Gasteiger partial charge < -0.3 is 9.88 Å². The van der Waals surface area contributed by atoms with Gasteiger partial charge in [0.15, 0.2) is 0 Å². The summed E-state index contributed by atoms with van der Waals surface area (Å²) in [5.41, 5.74) is 2.74. The molecule has 0 bridgehead atoms. The van der Waals surface area contributed by atoms with Gasteiger partial charge in [-0.15, -0.1) is 0 Å². The number of amides is 1. The number of nitrogens with one attached hydrogen (secondary N) is 1. The van der Waals surface area contributed by atoms with Gasteiger partial charge in [-0.1, -0.05) is 12.1 Å². The number of hydrogen-bond donors (Lipinski definition) is 1. The molecule has 0 unspecified atom stereocenters. The van der Waals surface area contributed by atoms with E-state index in [9.17, 15) is 14.9 Å². The number of nitro groups is 1. The van der Waals surface area contributed by atoms with Crippen LogP contribution in [0.5, 0.6) is 0 Å². The molecule has 0 fully saturated rings. The molecular weight excluding hydrogens is 296 g/mol. The van der Waals surface area contributed by atoms with Gasteiger partial charge in [-0.25, -0.2) is 4.98 Å². The molecule has 7 nitrogen and oxygen atoms in total. The zero-order valence-electron chi connectivity index (χ0n) is 12.8. The average Bonchev–Trinajstić information content (AvgIpc) is 2.99. The van der Waals surface area contributed by atoms with Crippen molar-refractivity contribution < 1.29 is 9.72 Å². The van der Waals surface area contributed by atoms with Crippen LogP contribution in [-0.2, 0) is 4.79 Å². The summed E-state index contributed by atoms with van der Waals surface area (Å²) in [5, 5.41) is 10.6. The molecular formula is C16H16N4O3. The first-order valence-electron chi connectivity index (χ1n) is 6.82. The van der Waals surface area contributed by atoms with Crippen LogP contribution in [0, 0.1) is 10.1 Å². The van der Waals surface area contributed by atoms with E-state index in [0.717, 1.165) is 23.0 Å². The predicted molar refractivity (Wildman–Crippen MR) is 87.9 cm³/mol. The van der Waals surface area contributed by atoms with Gasteiger partial charge in [0.1, 0.15) is 5.82 Å². The summed E-state index contributed by atoms with van der Waals surface area (Å²) in [6.45, 7) is 0. The Labute approximate surface area is 132 Å². The third-order valence-electron chi connectivity index (χ3n) is 2.95. The van der Waals surface area contributed by atoms with Gasteiger partial charge in [-0.05, 0) is 24.3 Å². The highest BCUT2D eigenvalue weighted by Crippen LogP contribution is 2.22. The van der Waals surface area contributed by atoms with E-state index in [1.54, 1.807) is 26.2 Å². The Morgan fingerprint density at radius 1 is 1.13 bits per heavy atom. The Balaban J connectivity index is 0.000000338. The summed E-state index contributed by atoms with van der Waals surface area (Å²) in [6.07, 6.45) is 0.750. The van der Waals surface area contributed by atoms with E-state index in [1.807, 2.05) is 24.3 Å². The van der Waals surface area contributed by atoms with Gasteiger partial charge in [0.2, 0.25) is 6.41 Å². The first-order valence-corrected chi connectivity index (χ1v) is 6.82. The van der Waals surface area contributed by atoms with E-state index >= 15 is 0 Å². The second-order valence-corrected chi connectivity index (χ2v) is 4.98. The number of carbonyl (C=O) groups excluding carboxylic acids is 1. The van der Waals surface area contributed by atoms with Crippen molar-refractivity contribution in [1.82, 2.24) is 14.9 Å². The molecule has 7 heteroatoms. The first-order chi connectivity index (χ1) is 11.0. The number of fused-ring (bicyclic) bond motifs is 1. The number of H-pyrrole nitrogens is 1. The lowest BCUT2D eigenvalue weighted by Crippen LogP contribution is -2.06. The van der Waals surface area contributed by atoms with Gasteiger partial charge in [-0.2, -0.15) is 0 Å². The fraction of sp³-hybridized carbons (Fsp3) is 0.125. The summed E-state index contributed by atoms with van der Waals surface area (Å²) < 4.78 is 0. The van der Waals surface area contributed by atoms with Gasteiger partial charge >= 0.3 is 0 Å². The molecule has 23 heavy (non-hydrogen) atoms. The van der Waals surface area contributed by atoms with E-state index in [2.05, 4.69) is 9.97 Å². The highest BCUT2D eigenvalue weighted by Gasteiger charge is 2.08. The maximum absolute atomic E-state index is 10.6. The van der Waals surface area contributed by atoms with Gasteiger partial charge in [0.25, 0.3) is 5.69 Å². The van der Waals surface area contributed by atoms with E-state index in [0.29, 0.717) is 5.82 Å². The van der Waals surface area contributed by atoms with Crippen LogP contribution in [-0.4, -0.2) is 40.3 Å². The molecule has 3 aromatic rings. The number of nitrogens with zero attached hydrogens (tertiary/aromatic N) is 3. The van der Waals surface area contributed by atoms with Crippen molar-refractivity contribution in [2.45, 2.75) is 0 Å². The van der Waals surface area contributed by atoms with Crippen LogP contribution in [0.15, 0.2) is 48.5 Å². The molecule has 0 saturated heterocycles. The number of hydrogen-bond acceptors (Lipinski definition) is 4. The Morgan fingerprint density at radius 2 is 1.74 bits per heavy atom. The lowest BCUT2D eigenvalue weighted by molar-refractivity contribution is -0.384. The fourth-order valence-electron chi connectivity index (χ4n) is 1.83. The molecule has 1 aromatic heterocycles. The largest absolute Gasteiger partial charge is 0.351 e. The minimum atomic E-state index is -0.414. The van der Waals surface area contributed by atoms with Crippen molar-refractivity contribution in [3.05, 3.63) is 58.6 Å². The Hall–Kier alpha value is -3.22. The molecule has 0 saturated carbocycles. The summed E-state index contributed by atoms with van der Waals surface area (Å²) in [7, 11) is 3.38. The van der Waals surface area contributed by atoms with Crippen LogP contribution in [0.1, 0.15) is 0 Å². The highest BCUT2D eigenvalue weighted by molar-refractivity contribution is 5.79. The van der Waals surface area contributed by atoms with E-state index in [1.165, 1.54) is 17.0 Å². The predicted octanol–water partition coefficient (Wildman–Crippen LogP) is 2.84. The number of rotatable bonds is 3. The second-order valence-electron chi connectivity index (χ2n) is 4.98. The number of aromatic nitrogens is 2. The summed E-state index contributed by atoms with van der Waals surface area (Å²) in [6, 6.07) is 14.0. The lowest BCUT2D eigenvalue weighted by Gasteiger charge is -1.95. The van der Waals surface area contributed by atoms with Crippen molar-refractivity contribution in [1.29, 1.82) is 0 Å². The van der Waals surface area contributed by atoms with Crippen LogP contribution in [0.25, 0.3) is 22.4 Å². The molecule has 1 heterocycles. The first kappa shape index (κ1) is 16.2. The molecule has 3 rings (SSSR count). The minimum absolute atomic E-state index is 0.0786. The lowest BCUT2D eigenvalue weighted by atomic mass is 10.2. The highest BCUT2D eigenvalue weighted by atomic mass is 16.6. The van der Waals surface area contributed by atoms with Crippen molar-refractivity contribution in [2.24, 2.45) is 0 Å². The smallest absolute Gasteiger partial charge is 0.269 e. The molecule has 0 atom stereocenters. The van der Waals surface area contributed by atoms with Gasteiger partial charge in [-0.3, -0.25) is 14.9 Å². The summed E-state index contributed by atoms with van der Waals surface area (Å²) in [4.78, 5) is 28.6. The van der Waals surface area contributed by atoms with Crippen LogP contribution in [0.4, 0.5) is 5.69 Å². The number of para-hydroxylation sites is 2. The summed E-state index contributed by atoms with van der Waals surface area (Å²) in [5.74, 6) is 0.714. The van der Waals surface area contributed by atoms with Crippen LogP contribution >= 0.6 is 0 Å². The average molecular weight is 312 g/mol. The molecule has 0 radical (unpaired) electrons. The molecule has 118 valence electrons. The number of aromatic amines is 1. The standard InChI is InChI=1S/C13H9N3O2.C3H7NO/c17-16(18)10-7-5-9(6-8-10)13-14-11-3-1-2-4-12(11)15-13;1-4(2)3-5/h1-8H,(H,14,15);3H,1-2H3. The maximum Gasteiger partial charge on any atom is 0.269 e. The van der Waals surface area contributed by atoms with Crippen molar-refractivity contribution in [3.8, 4) is 11.4 Å². The van der Waals surface area contributed by atoms with Crippen LogP contribution in [0.3, 0.4) is 0 Å². The zero-order valence-corrected chi connectivity index (χ0v) is 12.8. The van der Waals surface area contributed by atoms with E-state index in [-0.39, 0.29) is 5.69 Å². The van der Waals surface area contributed by atoms with Crippen LogP contribution in [0.2, 0.25) is 0 Å². The molecule has 0 aliphatic carbocycles. The number of benzene rings is 2. The van der Waals surface area contributed by atoms with Crippen LogP contribution < -0.4 is 0 Å². The molecule has 0 aliphatic rings. The monoisotopic (exact) mass is 312 g/mol. The SMILES string of the molecule is CN(C)C=O.O=[N+]([O-])c1ccc(-c2nc3ccccc3[nH]2)cc1. The number of non-ortho nitro benzene ring substituents is 1. The molecule has 2 aromatic carbocycles. The van der Waals surface area contributed by atoms with Crippen molar-refractivity contribution in [3.63, 3.8) is 0 Å². The van der Waals surface area contributed by atoms with Crippen molar-refractivity contribution >= 4 is 23.1 Å². The number of carbonyl (C=O) groups is 1. The van der Waals surface area contributed by atoms with Gasteiger partial charge in [0.05, 0.1) is 16.0 Å². The Kier molecular flexibility index (Phi) is 5.03. The molecule has 1 N–H and O–H groups in total. The topological polar surface area (TPSA) is 92.1 Å². The third-order valence-corrected chi connectivity index (χ3v) is 2.95. The fourth-order valence-corrected chi connectivity index (χ4v) is 1.83. The quantitative estimate of drug-likeness (QED) is 0.457. The van der Waals surface area contributed by atoms with Crippen molar-refractivity contribution in [2.75, 3.05) is 14.1 Å². The Morgan fingerprint density at radius 3 is 2.26 bits per heavy atom. The minimum Gasteiger partial charge on any atom is -0.351 e. The molecule has 0 spiro atoms.